The van der Waals surface area contributed by atoms with Gasteiger partial charge in [0.25, 0.3) is 0 Å². The van der Waals surface area contributed by atoms with Gasteiger partial charge in [-0.05, 0) is 49.8 Å². The maximum Gasteiger partial charge on any atom is 0.240 e. The highest BCUT2D eigenvalue weighted by atomic mass is 32.2. The molecule has 9 heteroatoms. The smallest absolute Gasteiger partial charge is 0.240 e. The molecule has 2 aliphatic rings. The highest BCUT2D eigenvalue weighted by Crippen LogP contribution is 2.33. The van der Waals surface area contributed by atoms with Crippen molar-refractivity contribution in [2.75, 3.05) is 6.54 Å². The van der Waals surface area contributed by atoms with Crippen LogP contribution in [0.4, 0.5) is 0 Å². The molecule has 2 saturated carbocycles. The van der Waals surface area contributed by atoms with E-state index in [2.05, 4.69) is 9.44 Å². The first-order valence-electron chi connectivity index (χ1n) is 7.66. The summed E-state index contributed by atoms with van der Waals surface area (Å²) >= 11 is 0. The fourth-order valence-corrected chi connectivity index (χ4v) is 5.19. The van der Waals surface area contributed by atoms with Crippen molar-refractivity contribution in [2.45, 2.75) is 47.6 Å². The SMILES string of the molecule is NCC(NS(=O)(=O)c1cccc(S(=O)(=O)NC2CC2)c1)C1CC1. The maximum absolute atomic E-state index is 12.5. The fraction of sp³-hybridized carbons (Fsp3) is 0.571. The highest BCUT2D eigenvalue weighted by Gasteiger charge is 2.34. The number of nitrogens with two attached hydrogens (primary N) is 1. The zero-order chi connectivity index (χ0) is 16.7. The van der Waals surface area contributed by atoms with Gasteiger partial charge in [-0.2, -0.15) is 0 Å². The van der Waals surface area contributed by atoms with Gasteiger partial charge in [0.15, 0.2) is 0 Å². The van der Waals surface area contributed by atoms with Crippen LogP contribution in [0.1, 0.15) is 25.7 Å². The van der Waals surface area contributed by atoms with Gasteiger partial charge in [0, 0.05) is 18.6 Å². The third-order valence-electron chi connectivity index (χ3n) is 4.08. The van der Waals surface area contributed by atoms with E-state index in [1.165, 1.54) is 24.3 Å². The molecule has 0 bridgehead atoms. The Kier molecular flexibility index (Phi) is 4.49. The summed E-state index contributed by atoms with van der Waals surface area (Å²) < 4.78 is 54.5. The molecule has 0 saturated heterocycles. The van der Waals surface area contributed by atoms with Crippen molar-refractivity contribution in [3.05, 3.63) is 24.3 Å². The van der Waals surface area contributed by atoms with Crippen LogP contribution in [0.5, 0.6) is 0 Å². The largest absolute Gasteiger partial charge is 0.329 e. The first kappa shape index (κ1) is 16.8. The van der Waals surface area contributed by atoms with Gasteiger partial charge in [-0.15, -0.1) is 0 Å². The van der Waals surface area contributed by atoms with Crippen LogP contribution >= 0.6 is 0 Å². The van der Waals surface area contributed by atoms with Crippen LogP contribution in [0.15, 0.2) is 34.1 Å². The highest BCUT2D eigenvalue weighted by molar-refractivity contribution is 7.90. The quantitative estimate of drug-likeness (QED) is 0.610. The Morgan fingerprint density at radius 1 is 1.04 bits per heavy atom. The van der Waals surface area contributed by atoms with E-state index < -0.39 is 20.0 Å². The molecule has 0 amide bonds. The second kappa shape index (κ2) is 6.14. The van der Waals surface area contributed by atoms with E-state index in [0.717, 1.165) is 25.7 Å². The van der Waals surface area contributed by atoms with Crippen molar-refractivity contribution in [1.29, 1.82) is 0 Å². The molecule has 3 rings (SSSR count). The first-order valence-corrected chi connectivity index (χ1v) is 10.6. The van der Waals surface area contributed by atoms with E-state index in [9.17, 15) is 16.8 Å². The number of sulfonamides is 2. The molecular formula is C14H21N3O4S2. The summed E-state index contributed by atoms with van der Waals surface area (Å²) in [6, 6.07) is 5.07. The molecule has 7 nitrogen and oxygen atoms in total. The van der Waals surface area contributed by atoms with Crippen LogP contribution in [-0.2, 0) is 20.0 Å². The topological polar surface area (TPSA) is 118 Å². The van der Waals surface area contributed by atoms with E-state index in [1.54, 1.807) is 0 Å². The molecule has 1 aromatic carbocycles. The van der Waals surface area contributed by atoms with Crippen LogP contribution in [0, 0.1) is 5.92 Å². The molecule has 23 heavy (non-hydrogen) atoms. The molecule has 0 heterocycles. The fourth-order valence-electron chi connectivity index (χ4n) is 2.40. The normalized spacial score (nSPS) is 20.4. The molecular weight excluding hydrogens is 338 g/mol. The van der Waals surface area contributed by atoms with Gasteiger partial charge in [-0.25, -0.2) is 26.3 Å². The maximum atomic E-state index is 12.5. The number of benzene rings is 1. The molecule has 1 unspecified atom stereocenters. The zero-order valence-electron chi connectivity index (χ0n) is 12.6. The van der Waals surface area contributed by atoms with Crippen molar-refractivity contribution in [3.8, 4) is 0 Å². The molecule has 0 spiro atoms. The Morgan fingerprint density at radius 3 is 2.17 bits per heavy atom. The Balaban J connectivity index is 1.83. The van der Waals surface area contributed by atoms with E-state index >= 15 is 0 Å². The number of rotatable bonds is 8. The minimum absolute atomic E-state index is 0.0325. The Morgan fingerprint density at radius 2 is 1.65 bits per heavy atom. The lowest BCUT2D eigenvalue weighted by Gasteiger charge is -2.16. The second-order valence-electron chi connectivity index (χ2n) is 6.17. The summed E-state index contributed by atoms with van der Waals surface area (Å²) in [5.41, 5.74) is 5.63. The minimum atomic E-state index is -3.79. The summed E-state index contributed by atoms with van der Waals surface area (Å²) in [5, 5.41) is 0. The average molecular weight is 359 g/mol. The summed E-state index contributed by atoms with van der Waals surface area (Å²) in [4.78, 5) is -0.0988. The Hall–Kier alpha value is -1.00. The molecule has 1 aromatic rings. The van der Waals surface area contributed by atoms with Gasteiger partial charge < -0.3 is 5.73 Å². The van der Waals surface area contributed by atoms with E-state index in [-0.39, 0.29) is 34.3 Å². The van der Waals surface area contributed by atoms with Gasteiger partial charge in [-0.3, -0.25) is 0 Å². The molecule has 2 fully saturated rings. The third kappa shape index (κ3) is 4.10. The number of hydrogen-bond acceptors (Lipinski definition) is 5. The first-order chi connectivity index (χ1) is 10.8. The number of hydrogen-bond donors (Lipinski definition) is 3. The van der Waals surface area contributed by atoms with Crippen LogP contribution < -0.4 is 15.2 Å². The average Bonchev–Trinajstić information content (AvgIpc) is 3.38. The van der Waals surface area contributed by atoms with E-state index in [0.29, 0.717) is 0 Å². The summed E-state index contributed by atoms with van der Waals surface area (Å²) in [6.07, 6.45) is 3.56. The van der Waals surface area contributed by atoms with Crippen molar-refractivity contribution in [2.24, 2.45) is 11.7 Å². The lowest BCUT2D eigenvalue weighted by Crippen LogP contribution is -2.41. The molecule has 2 aliphatic carbocycles. The zero-order valence-corrected chi connectivity index (χ0v) is 14.2. The summed E-state index contributed by atoms with van der Waals surface area (Å²) in [7, 11) is -7.48. The van der Waals surface area contributed by atoms with E-state index in [1.807, 2.05) is 0 Å². The molecule has 4 N–H and O–H groups in total. The van der Waals surface area contributed by atoms with Crippen molar-refractivity contribution in [1.82, 2.24) is 9.44 Å². The van der Waals surface area contributed by atoms with Crippen molar-refractivity contribution >= 4 is 20.0 Å². The summed E-state index contributed by atoms with van der Waals surface area (Å²) in [5.74, 6) is 0.276. The molecule has 0 aliphatic heterocycles. The van der Waals surface area contributed by atoms with Crippen molar-refractivity contribution < 1.29 is 16.8 Å². The van der Waals surface area contributed by atoms with Gasteiger partial charge >= 0.3 is 0 Å². The Labute approximate surface area is 136 Å². The summed E-state index contributed by atoms with van der Waals surface area (Å²) in [6.45, 7) is 0.227. The molecule has 0 aromatic heterocycles. The van der Waals surface area contributed by atoms with Gasteiger partial charge in [0.05, 0.1) is 9.79 Å². The second-order valence-corrected chi connectivity index (χ2v) is 9.60. The van der Waals surface area contributed by atoms with Crippen molar-refractivity contribution in [3.63, 3.8) is 0 Å². The predicted octanol–water partition coefficient (Wildman–Crippen LogP) is 0.143. The van der Waals surface area contributed by atoms with Gasteiger partial charge in [0.1, 0.15) is 0 Å². The van der Waals surface area contributed by atoms with Gasteiger partial charge in [0.2, 0.25) is 20.0 Å². The molecule has 128 valence electrons. The van der Waals surface area contributed by atoms with E-state index in [4.69, 9.17) is 5.73 Å². The standard InChI is InChI=1S/C14H21N3O4S2/c15-9-14(10-4-5-10)17-23(20,21)13-3-1-2-12(8-13)22(18,19)16-11-6-7-11/h1-3,8,10-11,14,16-17H,4-7,9,15H2. The monoisotopic (exact) mass is 359 g/mol. The predicted molar refractivity (Wildman–Crippen MR) is 85.7 cm³/mol. The van der Waals surface area contributed by atoms with Crippen LogP contribution in [0.2, 0.25) is 0 Å². The lowest BCUT2D eigenvalue weighted by molar-refractivity contribution is 0.519. The third-order valence-corrected chi connectivity index (χ3v) is 7.08. The molecule has 1 atom stereocenters. The van der Waals surface area contributed by atoms with Crippen LogP contribution in [-0.4, -0.2) is 35.5 Å². The van der Waals surface area contributed by atoms with Crippen LogP contribution in [0.25, 0.3) is 0 Å². The lowest BCUT2D eigenvalue weighted by atomic mass is 10.2. The minimum Gasteiger partial charge on any atom is -0.329 e. The Bertz CT molecular complexity index is 784. The number of nitrogens with one attached hydrogen (secondary N) is 2. The van der Waals surface area contributed by atoms with Crippen LogP contribution in [0.3, 0.4) is 0 Å². The van der Waals surface area contributed by atoms with Gasteiger partial charge in [-0.1, -0.05) is 6.07 Å². The molecule has 0 radical (unpaired) electrons.